The minimum atomic E-state index is -0.710. The second-order valence-corrected chi connectivity index (χ2v) is 3.75. The molecule has 1 aromatic rings. The van der Waals surface area contributed by atoms with Gasteiger partial charge in [0, 0.05) is 0 Å². The molecule has 12 heavy (non-hydrogen) atoms. The van der Waals surface area contributed by atoms with Gasteiger partial charge >= 0.3 is 0 Å². The lowest BCUT2D eigenvalue weighted by Crippen LogP contribution is -2.22. The lowest BCUT2D eigenvalue weighted by atomic mass is 9.97. The summed E-state index contributed by atoms with van der Waals surface area (Å²) >= 11 is 0. The largest absolute Gasteiger partial charge is 0.385 e. The van der Waals surface area contributed by atoms with Gasteiger partial charge in [-0.1, -0.05) is 29.8 Å². The van der Waals surface area contributed by atoms with Crippen LogP contribution in [-0.4, -0.2) is 11.3 Å². The highest BCUT2D eigenvalue weighted by molar-refractivity contribution is 7.16. The maximum Gasteiger partial charge on any atom is 0.0902 e. The van der Waals surface area contributed by atoms with Crippen LogP contribution in [0.4, 0.5) is 0 Å². The molecule has 0 aliphatic heterocycles. The quantitative estimate of drug-likeness (QED) is 0.694. The van der Waals surface area contributed by atoms with Crippen LogP contribution in [0.5, 0.6) is 0 Å². The Labute approximate surface area is 76.0 Å². The molecule has 0 radical (unpaired) electrons. The van der Waals surface area contributed by atoms with E-state index in [1.165, 1.54) is 5.56 Å². The molecule has 1 rings (SSSR count). The molecule has 0 saturated heterocycles. The molecule has 0 aromatic heterocycles. The van der Waals surface area contributed by atoms with E-state index < -0.39 is 5.60 Å². The molecular formula is C10H15OP. The first-order valence-electron chi connectivity index (χ1n) is 4.06. The van der Waals surface area contributed by atoms with Crippen molar-refractivity contribution in [1.82, 2.24) is 0 Å². The molecule has 0 fully saturated rings. The summed E-state index contributed by atoms with van der Waals surface area (Å²) in [7, 11) is 2.56. The lowest BCUT2D eigenvalue weighted by Gasteiger charge is -2.21. The van der Waals surface area contributed by atoms with Gasteiger partial charge in [-0.3, -0.25) is 0 Å². The first-order chi connectivity index (χ1) is 5.56. The maximum atomic E-state index is 9.86. The van der Waals surface area contributed by atoms with Crippen LogP contribution < -0.4 is 0 Å². The normalized spacial score (nSPS) is 15.7. The smallest absolute Gasteiger partial charge is 0.0902 e. The summed E-state index contributed by atoms with van der Waals surface area (Å²) < 4.78 is 0. The average Bonchev–Trinajstić information content (AvgIpc) is 2.05. The highest BCUT2D eigenvalue weighted by Crippen LogP contribution is 2.22. The third-order valence-corrected chi connectivity index (χ3v) is 2.87. The van der Waals surface area contributed by atoms with Gasteiger partial charge in [-0.25, -0.2) is 0 Å². The zero-order valence-corrected chi connectivity index (χ0v) is 8.70. The van der Waals surface area contributed by atoms with Gasteiger partial charge in [-0.05, 0) is 25.6 Å². The molecule has 0 spiro atoms. The summed E-state index contributed by atoms with van der Waals surface area (Å²) in [6.45, 7) is 3.86. The van der Waals surface area contributed by atoms with Gasteiger partial charge in [0.25, 0.3) is 0 Å². The van der Waals surface area contributed by atoms with Gasteiger partial charge in [-0.15, -0.1) is 9.24 Å². The van der Waals surface area contributed by atoms with Crippen molar-refractivity contribution in [3.63, 3.8) is 0 Å². The summed E-state index contributed by atoms with van der Waals surface area (Å²) in [5.41, 5.74) is 1.49. The van der Waals surface area contributed by atoms with Gasteiger partial charge < -0.3 is 5.11 Å². The van der Waals surface area contributed by atoms with E-state index in [1.54, 1.807) is 0 Å². The Bertz CT molecular complexity index is 251. The number of hydrogen-bond acceptors (Lipinski definition) is 1. The molecule has 0 saturated carbocycles. The van der Waals surface area contributed by atoms with Crippen molar-refractivity contribution in [2.75, 3.05) is 6.16 Å². The molecule has 66 valence electrons. The Morgan fingerprint density at radius 1 is 1.33 bits per heavy atom. The van der Waals surface area contributed by atoms with Crippen LogP contribution in [0.2, 0.25) is 0 Å². The number of hydrogen-bond donors (Lipinski definition) is 1. The van der Waals surface area contributed by atoms with Crippen molar-refractivity contribution in [3.8, 4) is 0 Å². The van der Waals surface area contributed by atoms with E-state index in [1.807, 2.05) is 38.1 Å². The van der Waals surface area contributed by atoms with Crippen LogP contribution in [0.3, 0.4) is 0 Å². The van der Waals surface area contributed by atoms with Crippen LogP contribution in [0.1, 0.15) is 18.1 Å². The fraction of sp³-hybridized carbons (Fsp3) is 0.400. The molecule has 2 atom stereocenters. The molecule has 0 aliphatic carbocycles. The number of rotatable bonds is 2. The van der Waals surface area contributed by atoms with E-state index in [2.05, 4.69) is 9.24 Å². The zero-order valence-electron chi connectivity index (χ0n) is 7.54. The summed E-state index contributed by atoms with van der Waals surface area (Å²) in [6.07, 6.45) is 0.663. The fourth-order valence-electron chi connectivity index (χ4n) is 1.03. The highest BCUT2D eigenvalue weighted by atomic mass is 31.0. The van der Waals surface area contributed by atoms with E-state index in [0.29, 0.717) is 6.16 Å². The molecule has 1 nitrogen and oxygen atoms in total. The summed E-state index contributed by atoms with van der Waals surface area (Å²) in [4.78, 5) is 0. The van der Waals surface area contributed by atoms with Gasteiger partial charge in [0.15, 0.2) is 0 Å². The second-order valence-electron chi connectivity index (χ2n) is 3.34. The zero-order chi connectivity index (χ0) is 9.19. The Morgan fingerprint density at radius 2 is 1.83 bits per heavy atom. The van der Waals surface area contributed by atoms with Crippen molar-refractivity contribution in [1.29, 1.82) is 0 Å². The number of aliphatic hydroxyl groups is 1. The molecule has 2 heteroatoms. The fourth-order valence-corrected chi connectivity index (χ4v) is 1.27. The summed E-state index contributed by atoms with van der Waals surface area (Å²) in [5, 5.41) is 9.86. The third-order valence-electron chi connectivity index (χ3n) is 2.07. The predicted molar refractivity (Wildman–Crippen MR) is 55.3 cm³/mol. The van der Waals surface area contributed by atoms with E-state index >= 15 is 0 Å². The van der Waals surface area contributed by atoms with Crippen LogP contribution in [0.25, 0.3) is 0 Å². The Kier molecular flexibility index (Phi) is 2.87. The molecule has 0 bridgehead atoms. The van der Waals surface area contributed by atoms with Crippen LogP contribution in [0.15, 0.2) is 24.3 Å². The first kappa shape index (κ1) is 9.70. The monoisotopic (exact) mass is 182 g/mol. The molecule has 0 amide bonds. The standard InChI is InChI=1S/C10H15OP/c1-8-3-5-9(6-4-8)10(2,11)7-12/h3-6,11H,7,12H2,1-2H3. The highest BCUT2D eigenvalue weighted by Gasteiger charge is 2.19. The first-order valence-corrected chi connectivity index (χ1v) is 4.87. The molecule has 1 aromatic carbocycles. The Hall–Kier alpha value is -0.390. The lowest BCUT2D eigenvalue weighted by molar-refractivity contribution is 0.0837. The van der Waals surface area contributed by atoms with E-state index in [9.17, 15) is 5.11 Å². The van der Waals surface area contributed by atoms with Crippen molar-refractivity contribution in [3.05, 3.63) is 35.4 Å². The van der Waals surface area contributed by atoms with Gasteiger partial charge in [-0.2, -0.15) is 0 Å². The summed E-state index contributed by atoms with van der Waals surface area (Å²) in [5.74, 6) is 0. The van der Waals surface area contributed by atoms with Crippen molar-refractivity contribution < 1.29 is 5.11 Å². The molecule has 2 unspecified atom stereocenters. The topological polar surface area (TPSA) is 20.2 Å². The molecular weight excluding hydrogens is 167 g/mol. The van der Waals surface area contributed by atoms with Gasteiger partial charge in [0.1, 0.15) is 0 Å². The maximum absolute atomic E-state index is 9.86. The SMILES string of the molecule is Cc1ccc(C(C)(O)CP)cc1. The van der Waals surface area contributed by atoms with Crippen LogP contribution >= 0.6 is 9.24 Å². The summed E-state index contributed by atoms with van der Waals surface area (Å²) in [6, 6.07) is 7.98. The molecule has 0 heterocycles. The number of benzene rings is 1. The van der Waals surface area contributed by atoms with Crippen molar-refractivity contribution in [2.45, 2.75) is 19.4 Å². The van der Waals surface area contributed by atoms with Crippen molar-refractivity contribution in [2.24, 2.45) is 0 Å². The molecule has 1 N–H and O–H groups in total. The van der Waals surface area contributed by atoms with E-state index in [-0.39, 0.29) is 0 Å². The van der Waals surface area contributed by atoms with Crippen LogP contribution in [-0.2, 0) is 5.60 Å². The second kappa shape index (κ2) is 3.55. The van der Waals surface area contributed by atoms with Crippen LogP contribution in [0, 0.1) is 6.92 Å². The van der Waals surface area contributed by atoms with E-state index in [4.69, 9.17) is 0 Å². The number of aryl methyl sites for hydroxylation is 1. The van der Waals surface area contributed by atoms with Crippen molar-refractivity contribution >= 4 is 9.24 Å². The Morgan fingerprint density at radius 3 is 2.25 bits per heavy atom. The van der Waals surface area contributed by atoms with E-state index in [0.717, 1.165) is 5.56 Å². The third kappa shape index (κ3) is 2.06. The molecule has 0 aliphatic rings. The Balaban J connectivity index is 2.96. The van der Waals surface area contributed by atoms with Gasteiger partial charge in [0.05, 0.1) is 5.60 Å². The average molecular weight is 182 g/mol. The van der Waals surface area contributed by atoms with Gasteiger partial charge in [0.2, 0.25) is 0 Å². The minimum absolute atomic E-state index is 0.663. The predicted octanol–water partition coefficient (Wildman–Crippen LogP) is 2.08. The minimum Gasteiger partial charge on any atom is -0.385 e.